The van der Waals surface area contributed by atoms with Gasteiger partial charge >= 0.3 is 137 Å². The van der Waals surface area contributed by atoms with Crippen LogP contribution in [-0.4, -0.2) is 59.6 Å². The maximum Gasteiger partial charge on any atom is 1.00 e. The summed E-state index contributed by atoms with van der Waals surface area (Å²) in [5.41, 5.74) is 15.7. The average molecular weight is 1580 g/mol. The molecule has 0 N–H and O–H groups in total. The van der Waals surface area contributed by atoms with Crippen LogP contribution in [0.4, 0.5) is 0 Å². The zero-order valence-electron chi connectivity index (χ0n) is 58.6. The van der Waals surface area contributed by atoms with E-state index in [1.165, 1.54) is 38.5 Å². The van der Waals surface area contributed by atoms with Crippen molar-refractivity contribution in [1.29, 1.82) is 0 Å². The Kier molecular flexibility index (Phi) is 37.7. The minimum absolute atomic E-state index is 0. The van der Waals surface area contributed by atoms with E-state index in [4.69, 9.17) is 84.7 Å². The van der Waals surface area contributed by atoms with Gasteiger partial charge in [-0.05, 0) is 113 Å². The summed E-state index contributed by atoms with van der Waals surface area (Å²) >= 11 is 25.5. The van der Waals surface area contributed by atoms with Crippen LogP contribution in [0.3, 0.4) is 0 Å². The molecule has 8 aromatic carbocycles. The summed E-state index contributed by atoms with van der Waals surface area (Å²) in [5, 5.41) is 0. The summed E-state index contributed by atoms with van der Waals surface area (Å²) in [6.07, 6.45) is 10.0. The molecule has 3 saturated heterocycles. The van der Waals surface area contributed by atoms with Crippen LogP contribution in [0.25, 0.3) is 22.8 Å². The molecule has 3 aliphatic rings. The number of aromatic nitrogens is 4. The summed E-state index contributed by atoms with van der Waals surface area (Å²) in [7, 11) is 0. The van der Waals surface area contributed by atoms with Crippen molar-refractivity contribution in [2.24, 2.45) is 0 Å². The molecule has 7 heterocycles. The molecule has 0 saturated carbocycles. The molecule has 0 aliphatic carbocycles. The van der Waals surface area contributed by atoms with Gasteiger partial charge in [-0.3, -0.25) is 19.9 Å². The van der Waals surface area contributed by atoms with Crippen molar-refractivity contribution in [2.45, 2.75) is 83.2 Å². The van der Waals surface area contributed by atoms with E-state index < -0.39 is 19.0 Å². The summed E-state index contributed by atoms with van der Waals surface area (Å²) < 4.78 is 12.3. The largest absolute Gasteiger partial charge is 1.00 e. The van der Waals surface area contributed by atoms with Crippen molar-refractivity contribution in [3.05, 3.63) is 383 Å². The maximum atomic E-state index is 6.38. The second-order valence-electron chi connectivity index (χ2n) is 25.0. The first-order valence-electron chi connectivity index (χ1n) is 34.4. The molecule has 0 bridgehead atoms. The van der Waals surface area contributed by atoms with Crippen molar-refractivity contribution in [1.82, 2.24) is 19.9 Å². The van der Waals surface area contributed by atoms with Gasteiger partial charge in [-0.2, -0.15) is 0 Å². The third kappa shape index (κ3) is 24.7. The fourth-order valence-electron chi connectivity index (χ4n) is 12.6. The van der Waals surface area contributed by atoms with Crippen LogP contribution in [0.2, 0.25) is 0 Å². The maximum absolute atomic E-state index is 6.38. The molecular formula is C88H84Cu2K2N4O3S4. The van der Waals surface area contributed by atoms with E-state index >= 15 is 0 Å². The third-order valence-corrected chi connectivity index (χ3v) is 20.3. The van der Waals surface area contributed by atoms with E-state index in [2.05, 4.69) is 121 Å². The Labute approximate surface area is 739 Å². The number of pyridine rings is 4. The van der Waals surface area contributed by atoms with Gasteiger partial charge in [-0.15, -0.1) is 0 Å². The normalized spacial score (nSPS) is 13.1. The van der Waals surface area contributed by atoms with Gasteiger partial charge in [-0.25, -0.2) is 0 Å². The molecule has 15 rings (SSSR count). The molecule has 0 amide bonds. The monoisotopic (exact) mass is 1580 g/mol. The first kappa shape index (κ1) is 86.2. The van der Waals surface area contributed by atoms with Crippen molar-refractivity contribution < 1.29 is 151 Å². The first-order valence-corrected chi connectivity index (χ1v) is 36.1. The molecule has 4 aromatic heterocycles. The third-order valence-electron chi connectivity index (χ3n) is 17.9. The molecule has 3 aliphatic heterocycles. The van der Waals surface area contributed by atoms with Crippen LogP contribution in [0, 0.1) is 0 Å². The molecule has 0 unspecified atom stereocenters. The molecule has 12 aromatic rings. The average Bonchev–Trinajstić information content (AvgIpc) is 1.73. The second kappa shape index (κ2) is 45.1. The summed E-state index contributed by atoms with van der Waals surface area (Å²) in [4.78, 5) is 20.3. The fraction of sp³-hybridized carbons (Fsp3) is 0.227. The molecule has 3 fully saturated rings. The van der Waals surface area contributed by atoms with Crippen LogP contribution < -0.4 is 103 Å². The molecule has 0 atom stereocenters. The zero-order valence-corrected chi connectivity index (χ0v) is 70.0. The second-order valence-corrected chi connectivity index (χ2v) is 27.7. The van der Waals surface area contributed by atoms with Crippen LogP contribution in [-0.2, 0) is 144 Å². The Morgan fingerprint density at radius 3 is 0.485 bits per heavy atom. The van der Waals surface area contributed by atoms with E-state index in [0.29, 0.717) is 25.7 Å². The number of hydrogen-bond donors (Lipinski definition) is 0. The Morgan fingerprint density at radius 2 is 0.359 bits per heavy atom. The number of hydrogen-bond acceptors (Lipinski definition) is 11. The SMILES string of the molecule is C1CCOC1.C1CCOC1.C1CCOC1.[Cu+].[Cu+].[K+].[K+].[S-]C(Cc1cccc(-c2cccc(CC([S-])(c3ccccc3)c3ccccc3)n2)n1)(c1ccccc1)c1ccccc1.[S-]C(Cc1cccc(-c2cccc(CC([S-])(c3ccccc3)c3ccccc3)n2)n1)(c1ccccc1)c1ccccc1. The minimum atomic E-state index is -0.642. The fourth-order valence-corrected chi connectivity index (χ4v) is 14.3. The van der Waals surface area contributed by atoms with Gasteiger partial charge in [0, 0.05) is 62.4 Å². The molecule has 522 valence electrons. The van der Waals surface area contributed by atoms with Crippen LogP contribution in [0.1, 0.15) is 106 Å². The van der Waals surface area contributed by atoms with E-state index in [1.54, 1.807) is 0 Å². The smallest absolute Gasteiger partial charge is 0.776 e. The Hall–Kier alpha value is -4.05. The van der Waals surface area contributed by atoms with Gasteiger partial charge in [0.1, 0.15) is 0 Å². The van der Waals surface area contributed by atoms with E-state index in [1.807, 2.05) is 194 Å². The van der Waals surface area contributed by atoms with Gasteiger partial charge in [0.05, 0.1) is 22.8 Å². The summed E-state index contributed by atoms with van der Waals surface area (Å²) in [6.45, 7) is 6.00. The van der Waals surface area contributed by atoms with Crippen molar-refractivity contribution in [2.75, 3.05) is 39.6 Å². The molecule has 15 heteroatoms. The van der Waals surface area contributed by atoms with Gasteiger partial charge in [-0.1, -0.05) is 330 Å². The van der Waals surface area contributed by atoms with E-state index in [0.717, 1.165) is 130 Å². The first-order chi connectivity index (χ1) is 48.6. The minimum Gasteiger partial charge on any atom is -0.776 e. The zero-order chi connectivity index (χ0) is 68.3. The Bertz CT molecular complexity index is 3600. The summed E-state index contributed by atoms with van der Waals surface area (Å²) in [5.74, 6) is 0. The Balaban J connectivity index is 0.000000231. The van der Waals surface area contributed by atoms with Crippen LogP contribution in [0.15, 0.2) is 315 Å². The van der Waals surface area contributed by atoms with Crippen LogP contribution >= 0.6 is 0 Å². The van der Waals surface area contributed by atoms with Crippen molar-refractivity contribution in [3.8, 4) is 22.8 Å². The molecular weight excluding hydrogens is 1490 g/mol. The predicted molar refractivity (Wildman–Crippen MR) is 414 cm³/mol. The number of rotatable bonds is 18. The molecule has 0 radical (unpaired) electrons. The number of benzene rings is 8. The standard InChI is InChI=1S/2C38H32N2S2.3C4H8O.2Cu.2K/c2*41-37(29-15-5-1-6-16-29,30-17-7-2-8-18-30)27-33-23-13-25-35(39-33)36-26-14-24-34(40-36)28-38(42,31-19-9-3-10-20-31)32-21-11-4-12-22-32;3*1-2-4-5-3-1;;;;/h2*1-26,41-42H,27-28H2;3*1-4H2;;;;/q;;;;;4*+1/p-4. The van der Waals surface area contributed by atoms with E-state index in [-0.39, 0.29) is 137 Å². The Morgan fingerprint density at radius 1 is 0.214 bits per heavy atom. The molecule has 7 nitrogen and oxygen atoms in total. The van der Waals surface area contributed by atoms with Gasteiger partial charge in [0.15, 0.2) is 0 Å². The van der Waals surface area contributed by atoms with Gasteiger partial charge in [0.2, 0.25) is 0 Å². The number of nitrogens with zero attached hydrogens (tertiary/aromatic N) is 4. The summed E-state index contributed by atoms with van der Waals surface area (Å²) in [6, 6.07) is 107. The van der Waals surface area contributed by atoms with Gasteiger partial charge < -0.3 is 64.7 Å². The quantitative estimate of drug-likeness (QED) is 0.0609. The topological polar surface area (TPSA) is 79.2 Å². The molecule has 0 spiro atoms. The van der Waals surface area contributed by atoms with Crippen molar-refractivity contribution >= 4 is 50.5 Å². The molecule has 103 heavy (non-hydrogen) atoms. The predicted octanol–water partition coefficient (Wildman–Crippen LogP) is 12.8. The van der Waals surface area contributed by atoms with Crippen LogP contribution in [0.5, 0.6) is 0 Å². The van der Waals surface area contributed by atoms with E-state index in [9.17, 15) is 0 Å². The van der Waals surface area contributed by atoms with Crippen molar-refractivity contribution in [3.63, 3.8) is 0 Å². The number of ether oxygens (including phenoxy) is 3. The van der Waals surface area contributed by atoms with Gasteiger partial charge in [0.25, 0.3) is 0 Å².